The maximum absolute atomic E-state index is 12.2. The highest BCUT2D eigenvalue weighted by atomic mass is 32.1. The lowest BCUT2D eigenvalue weighted by Crippen LogP contribution is -2.48. The topological polar surface area (TPSA) is 118 Å². The van der Waals surface area contributed by atoms with Gasteiger partial charge in [-0.1, -0.05) is 16.5 Å². The molecule has 1 aliphatic rings. The van der Waals surface area contributed by atoms with Crippen LogP contribution in [0.4, 0.5) is 9.93 Å². The summed E-state index contributed by atoms with van der Waals surface area (Å²) < 4.78 is 8.75. The van der Waals surface area contributed by atoms with Gasteiger partial charge in [-0.15, -0.1) is 0 Å². The first-order valence-corrected chi connectivity index (χ1v) is 6.94. The summed E-state index contributed by atoms with van der Waals surface area (Å²) in [5, 5.41) is 19.0. The minimum Gasteiger partial charge on any atom is -0.481 e. The minimum absolute atomic E-state index is 0.119. The molecule has 20 heavy (non-hydrogen) atoms. The molecule has 0 spiro atoms. The number of rotatable bonds is 5. The molecule has 1 aromatic rings. The second-order valence-electron chi connectivity index (χ2n) is 4.34. The largest absolute Gasteiger partial charge is 0.481 e. The van der Waals surface area contributed by atoms with E-state index in [1.54, 1.807) is 0 Å². The predicted molar refractivity (Wildman–Crippen MR) is 69.5 cm³/mol. The van der Waals surface area contributed by atoms with Crippen LogP contribution in [-0.4, -0.2) is 62.6 Å². The van der Waals surface area contributed by atoms with Gasteiger partial charge in [0.15, 0.2) is 0 Å². The van der Waals surface area contributed by atoms with E-state index in [4.69, 9.17) is 4.74 Å². The molecule has 2 atom stereocenters. The smallest absolute Gasteiger partial charge is 0.324 e. The van der Waals surface area contributed by atoms with Gasteiger partial charge in [-0.2, -0.15) is 0 Å². The number of carboxylic acid groups (broad SMARTS) is 1. The normalized spacial score (nSPS) is 21.6. The maximum atomic E-state index is 12.2. The van der Waals surface area contributed by atoms with Crippen molar-refractivity contribution in [1.29, 1.82) is 0 Å². The van der Waals surface area contributed by atoms with Crippen LogP contribution < -0.4 is 5.32 Å². The SMILES string of the molecule is CCCN(C(=O)Nc1nnns1)C1COCC1C(=O)O. The highest BCUT2D eigenvalue weighted by molar-refractivity contribution is 7.09. The Hall–Kier alpha value is -1.81. The fourth-order valence-electron chi connectivity index (χ4n) is 2.09. The molecule has 2 heterocycles. The van der Waals surface area contributed by atoms with E-state index in [2.05, 4.69) is 20.1 Å². The summed E-state index contributed by atoms with van der Waals surface area (Å²) in [4.78, 5) is 24.9. The van der Waals surface area contributed by atoms with Crippen LogP contribution in [0.3, 0.4) is 0 Å². The Kier molecular flexibility index (Phi) is 4.79. The maximum Gasteiger partial charge on any atom is 0.324 e. The molecule has 0 bridgehead atoms. The van der Waals surface area contributed by atoms with Gasteiger partial charge in [0.25, 0.3) is 0 Å². The first-order chi connectivity index (χ1) is 9.63. The van der Waals surface area contributed by atoms with Crippen molar-refractivity contribution in [3.05, 3.63) is 0 Å². The van der Waals surface area contributed by atoms with Crippen molar-refractivity contribution >= 4 is 28.7 Å². The van der Waals surface area contributed by atoms with Gasteiger partial charge in [0.1, 0.15) is 5.92 Å². The Morgan fingerprint density at radius 2 is 2.35 bits per heavy atom. The van der Waals surface area contributed by atoms with Crippen molar-refractivity contribution in [2.24, 2.45) is 5.92 Å². The molecule has 2 N–H and O–H groups in total. The van der Waals surface area contributed by atoms with E-state index in [1.165, 1.54) is 4.90 Å². The second kappa shape index (κ2) is 6.57. The van der Waals surface area contributed by atoms with Crippen molar-refractivity contribution in [2.75, 3.05) is 25.1 Å². The number of carboxylic acids is 1. The van der Waals surface area contributed by atoms with E-state index in [1.807, 2.05) is 6.92 Å². The van der Waals surface area contributed by atoms with Gasteiger partial charge in [0.2, 0.25) is 5.13 Å². The van der Waals surface area contributed by atoms with E-state index >= 15 is 0 Å². The number of amides is 2. The summed E-state index contributed by atoms with van der Waals surface area (Å²) in [6.07, 6.45) is 0.713. The van der Waals surface area contributed by atoms with Gasteiger partial charge in [0.05, 0.1) is 19.3 Å². The molecule has 2 amide bonds. The average Bonchev–Trinajstić information content (AvgIpc) is 3.06. The van der Waals surface area contributed by atoms with Crippen LogP contribution >= 0.6 is 11.5 Å². The van der Waals surface area contributed by atoms with Crippen LogP contribution in [0.2, 0.25) is 0 Å². The molecule has 10 heteroatoms. The van der Waals surface area contributed by atoms with E-state index in [9.17, 15) is 14.7 Å². The number of anilines is 1. The summed E-state index contributed by atoms with van der Waals surface area (Å²) in [6.45, 7) is 2.70. The molecule has 1 aliphatic heterocycles. The first-order valence-electron chi connectivity index (χ1n) is 6.16. The van der Waals surface area contributed by atoms with Gasteiger partial charge in [-0.05, 0) is 11.6 Å². The van der Waals surface area contributed by atoms with Crippen molar-refractivity contribution < 1.29 is 19.4 Å². The van der Waals surface area contributed by atoms with Crippen LogP contribution in [0.25, 0.3) is 0 Å². The van der Waals surface area contributed by atoms with Gasteiger partial charge >= 0.3 is 12.0 Å². The van der Waals surface area contributed by atoms with Crippen molar-refractivity contribution in [2.45, 2.75) is 19.4 Å². The predicted octanol–water partition coefficient (Wildman–Crippen LogP) is 0.277. The number of carbonyl (C=O) groups excluding carboxylic acids is 1. The Morgan fingerprint density at radius 3 is 2.95 bits per heavy atom. The fraction of sp³-hybridized carbons (Fsp3) is 0.700. The molecule has 2 unspecified atom stereocenters. The molecule has 0 saturated carbocycles. The minimum atomic E-state index is -0.959. The molecule has 0 radical (unpaired) electrons. The number of nitrogens with one attached hydrogen (secondary N) is 1. The number of aromatic nitrogens is 3. The molecular weight excluding hydrogens is 286 g/mol. The molecule has 1 fully saturated rings. The third-order valence-electron chi connectivity index (χ3n) is 3.01. The summed E-state index contributed by atoms with van der Waals surface area (Å²) in [7, 11) is 0. The molecule has 1 aromatic heterocycles. The molecule has 9 nitrogen and oxygen atoms in total. The van der Waals surface area contributed by atoms with Crippen LogP contribution in [0.15, 0.2) is 0 Å². The van der Waals surface area contributed by atoms with E-state index in [-0.39, 0.29) is 18.3 Å². The first kappa shape index (κ1) is 14.6. The summed E-state index contributed by atoms with van der Waals surface area (Å²) in [5.41, 5.74) is 0. The monoisotopic (exact) mass is 301 g/mol. The van der Waals surface area contributed by atoms with Crippen LogP contribution in [-0.2, 0) is 9.53 Å². The van der Waals surface area contributed by atoms with Crippen LogP contribution in [0.1, 0.15) is 13.3 Å². The van der Waals surface area contributed by atoms with Crippen molar-refractivity contribution in [1.82, 2.24) is 19.7 Å². The van der Waals surface area contributed by atoms with Crippen LogP contribution in [0, 0.1) is 5.92 Å². The fourth-order valence-corrected chi connectivity index (χ4v) is 2.45. The molecule has 0 aliphatic carbocycles. The lowest BCUT2D eigenvalue weighted by atomic mass is 10.0. The number of nitrogens with zero attached hydrogens (tertiary/aromatic N) is 4. The number of ether oxygens (including phenoxy) is 1. The molecule has 110 valence electrons. The molecule has 2 rings (SSSR count). The Balaban J connectivity index is 2.09. The Labute approximate surface area is 119 Å². The molecule has 0 aromatic carbocycles. The van der Waals surface area contributed by atoms with E-state index in [0.717, 1.165) is 11.5 Å². The number of aliphatic carboxylic acids is 1. The van der Waals surface area contributed by atoms with Gasteiger partial charge in [0, 0.05) is 18.1 Å². The third kappa shape index (κ3) is 3.20. The van der Waals surface area contributed by atoms with Crippen LogP contribution in [0.5, 0.6) is 0 Å². The zero-order valence-electron chi connectivity index (χ0n) is 10.9. The quantitative estimate of drug-likeness (QED) is 0.801. The number of hydrogen-bond donors (Lipinski definition) is 2. The summed E-state index contributed by atoms with van der Waals surface area (Å²) in [5.74, 6) is -1.67. The number of carbonyl (C=O) groups is 2. The lowest BCUT2D eigenvalue weighted by Gasteiger charge is -2.29. The van der Waals surface area contributed by atoms with E-state index < -0.39 is 24.0 Å². The highest BCUT2D eigenvalue weighted by Crippen LogP contribution is 2.21. The van der Waals surface area contributed by atoms with Crippen molar-refractivity contribution in [3.8, 4) is 0 Å². The third-order valence-corrected chi connectivity index (χ3v) is 3.52. The molecular formula is C10H15N5O4S. The number of urea groups is 1. The lowest BCUT2D eigenvalue weighted by molar-refractivity contribution is -0.142. The Bertz CT molecular complexity index is 468. The zero-order chi connectivity index (χ0) is 14.5. The van der Waals surface area contributed by atoms with Gasteiger partial charge in [-0.3, -0.25) is 10.1 Å². The zero-order valence-corrected chi connectivity index (χ0v) is 11.7. The standard InChI is InChI=1S/C10H15N5O4S/c1-2-3-15(7-5-19-4-6(7)8(16)17)10(18)11-9-12-13-14-20-9/h6-7H,2-5H2,1H3,(H,16,17)(H,11,12,14,18). The van der Waals surface area contributed by atoms with Gasteiger partial charge < -0.3 is 14.7 Å². The summed E-state index contributed by atoms with van der Waals surface area (Å²) >= 11 is 0.958. The average molecular weight is 301 g/mol. The van der Waals surface area contributed by atoms with Crippen molar-refractivity contribution in [3.63, 3.8) is 0 Å². The Morgan fingerprint density at radius 1 is 1.55 bits per heavy atom. The number of hydrogen-bond acceptors (Lipinski definition) is 7. The highest BCUT2D eigenvalue weighted by Gasteiger charge is 2.39. The van der Waals surface area contributed by atoms with E-state index in [0.29, 0.717) is 13.0 Å². The van der Waals surface area contributed by atoms with Gasteiger partial charge in [-0.25, -0.2) is 4.79 Å². The second-order valence-corrected chi connectivity index (χ2v) is 5.07. The molecule has 1 saturated heterocycles. The summed E-state index contributed by atoms with van der Waals surface area (Å²) in [6, 6.07) is -0.888.